The van der Waals surface area contributed by atoms with Gasteiger partial charge in [-0.25, -0.2) is 0 Å². The molecule has 0 radical (unpaired) electrons. The van der Waals surface area contributed by atoms with E-state index in [4.69, 9.17) is 9.84 Å². The topological polar surface area (TPSA) is 61.8 Å². The number of nitrogens with one attached hydrogen (secondary N) is 1. The van der Waals surface area contributed by atoms with Crippen molar-refractivity contribution in [1.29, 1.82) is 0 Å². The molecule has 4 atom stereocenters. The lowest BCUT2D eigenvalue weighted by atomic mass is 9.84. The molecule has 0 aromatic heterocycles. The molecule has 3 rings (SSSR count). The third kappa shape index (κ3) is 4.70. The number of amides is 1. The molecule has 24 heavy (non-hydrogen) atoms. The Morgan fingerprint density at radius 1 is 1.25 bits per heavy atom. The zero-order valence-corrected chi connectivity index (χ0v) is 15.1. The van der Waals surface area contributed by atoms with Gasteiger partial charge in [0.1, 0.15) is 0 Å². The predicted molar refractivity (Wildman–Crippen MR) is 93.7 cm³/mol. The summed E-state index contributed by atoms with van der Waals surface area (Å²) in [5.74, 6) is 2.68. The molecule has 2 aliphatic carbocycles. The van der Waals surface area contributed by atoms with E-state index in [1.807, 2.05) is 0 Å². The zero-order valence-electron chi connectivity index (χ0n) is 15.1. The third-order valence-electron chi connectivity index (χ3n) is 6.38. The first kappa shape index (κ1) is 18.2. The van der Waals surface area contributed by atoms with Crippen molar-refractivity contribution in [2.24, 2.45) is 17.8 Å². The summed E-state index contributed by atoms with van der Waals surface area (Å²) in [6.45, 7) is 5.42. The number of fused-ring (bicyclic) bond motifs is 2. The Morgan fingerprint density at radius 3 is 2.67 bits per heavy atom. The number of hydrogen-bond acceptors (Lipinski definition) is 4. The Morgan fingerprint density at radius 2 is 2.04 bits per heavy atom. The SMILES string of the molecule is CC(NC(=O)CN1CCC(OCCCO)CC1)C1CC2CCC1C2. The quantitative estimate of drug-likeness (QED) is 0.663. The number of aliphatic hydroxyl groups is 1. The van der Waals surface area contributed by atoms with Gasteiger partial charge in [-0.2, -0.15) is 0 Å². The highest BCUT2D eigenvalue weighted by Gasteiger charge is 2.42. The van der Waals surface area contributed by atoms with Crippen LogP contribution in [0.25, 0.3) is 0 Å². The fraction of sp³-hybridized carbons (Fsp3) is 0.947. The van der Waals surface area contributed by atoms with E-state index < -0.39 is 0 Å². The minimum absolute atomic E-state index is 0.185. The Hall–Kier alpha value is -0.650. The van der Waals surface area contributed by atoms with Crippen molar-refractivity contribution in [1.82, 2.24) is 10.2 Å². The van der Waals surface area contributed by atoms with Gasteiger partial charge >= 0.3 is 0 Å². The maximum Gasteiger partial charge on any atom is 0.234 e. The van der Waals surface area contributed by atoms with Crippen LogP contribution in [0.5, 0.6) is 0 Å². The normalized spacial score (nSPS) is 32.2. The molecule has 0 aromatic rings. The lowest BCUT2D eigenvalue weighted by Crippen LogP contribution is -2.47. The highest BCUT2D eigenvalue weighted by Crippen LogP contribution is 2.49. The minimum atomic E-state index is 0.185. The molecule has 2 saturated carbocycles. The number of likely N-dealkylation sites (tertiary alicyclic amines) is 1. The molecule has 3 aliphatic rings. The van der Waals surface area contributed by atoms with Gasteiger partial charge in [0.2, 0.25) is 5.91 Å². The summed E-state index contributed by atoms with van der Waals surface area (Å²) >= 11 is 0. The summed E-state index contributed by atoms with van der Waals surface area (Å²) in [6.07, 6.45) is 8.49. The van der Waals surface area contributed by atoms with Gasteiger partial charge in [0.15, 0.2) is 0 Å². The largest absolute Gasteiger partial charge is 0.396 e. The van der Waals surface area contributed by atoms with E-state index in [1.54, 1.807) is 0 Å². The lowest BCUT2D eigenvalue weighted by Gasteiger charge is -2.33. The Balaban J connectivity index is 1.32. The number of rotatable bonds is 8. The second-order valence-electron chi connectivity index (χ2n) is 8.12. The van der Waals surface area contributed by atoms with Crippen LogP contribution < -0.4 is 5.32 Å². The summed E-state index contributed by atoms with van der Waals surface area (Å²) in [4.78, 5) is 14.6. The van der Waals surface area contributed by atoms with Gasteiger partial charge in [-0.1, -0.05) is 6.42 Å². The standard InChI is InChI=1S/C19H34N2O3/c1-14(18-12-15-3-4-16(18)11-15)20-19(23)13-21-7-5-17(6-8-21)24-10-2-9-22/h14-18,22H,2-13H2,1H3,(H,20,23). The van der Waals surface area contributed by atoms with Crippen molar-refractivity contribution in [2.45, 2.75) is 64.0 Å². The summed E-state index contributed by atoms with van der Waals surface area (Å²) in [5, 5.41) is 12.1. The minimum Gasteiger partial charge on any atom is -0.396 e. The molecule has 0 aromatic carbocycles. The number of piperidine rings is 1. The van der Waals surface area contributed by atoms with Gasteiger partial charge < -0.3 is 15.2 Å². The number of ether oxygens (including phenoxy) is 1. The van der Waals surface area contributed by atoms with Gasteiger partial charge in [-0.05, 0) is 63.2 Å². The maximum atomic E-state index is 12.4. The number of carbonyl (C=O) groups is 1. The molecular weight excluding hydrogens is 304 g/mol. The maximum absolute atomic E-state index is 12.4. The zero-order chi connectivity index (χ0) is 16.9. The first-order valence-corrected chi connectivity index (χ1v) is 9.90. The van der Waals surface area contributed by atoms with Gasteiger partial charge in [0, 0.05) is 32.3 Å². The number of carbonyl (C=O) groups excluding carboxylic acids is 1. The van der Waals surface area contributed by atoms with E-state index in [-0.39, 0.29) is 12.5 Å². The van der Waals surface area contributed by atoms with Gasteiger partial charge in [0.25, 0.3) is 0 Å². The summed E-state index contributed by atoms with van der Waals surface area (Å²) in [6, 6.07) is 0.326. The molecule has 3 fully saturated rings. The summed E-state index contributed by atoms with van der Waals surface area (Å²) < 4.78 is 5.75. The molecule has 2 bridgehead atoms. The van der Waals surface area contributed by atoms with Crippen LogP contribution >= 0.6 is 0 Å². The van der Waals surface area contributed by atoms with E-state index in [1.165, 1.54) is 25.7 Å². The van der Waals surface area contributed by atoms with E-state index >= 15 is 0 Å². The van der Waals surface area contributed by atoms with Gasteiger partial charge in [0.05, 0.1) is 12.6 Å². The molecule has 138 valence electrons. The molecule has 1 aliphatic heterocycles. The van der Waals surface area contributed by atoms with Crippen LogP contribution in [0.4, 0.5) is 0 Å². The molecule has 5 nitrogen and oxygen atoms in total. The van der Waals surface area contributed by atoms with Crippen LogP contribution in [0.2, 0.25) is 0 Å². The molecule has 1 amide bonds. The van der Waals surface area contributed by atoms with Crippen molar-refractivity contribution >= 4 is 5.91 Å². The van der Waals surface area contributed by atoms with Crippen molar-refractivity contribution in [3.8, 4) is 0 Å². The first-order valence-electron chi connectivity index (χ1n) is 9.90. The van der Waals surface area contributed by atoms with E-state index in [0.717, 1.165) is 37.8 Å². The average Bonchev–Trinajstić information content (AvgIpc) is 3.20. The second-order valence-corrected chi connectivity index (χ2v) is 8.12. The van der Waals surface area contributed by atoms with Crippen LogP contribution in [-0.4, -0.2) is 60.9 Å². The molecule has 2 N–H and O–H groups in total. The highest BCUT2D eigenvalue weighted by molar-refractivity contribution is 5.78. The summed E-state index contributed by atoms with van der Waals surface area (Å²) in [5.41, 5.74) is 0. The molecule has 4 unspecified atom stereocenters. The van der Waals surface area contributed by atoms with Gasteiger partial charge in [-0.15, -0.1) is 0 Å². The van der Waals surface area contributed by atoms with Crippen molar-refractivity contribution in [3.05, 3.63) is 0 Å². The van der Waals surface area contributed by atoms with Crippen molar-refractivity contribution < 1.29 is 14.6 Å². The van der Waals surface area contributed by atoms with E-state index in [0.29, 0.717) is 37.6 Å². The van der Waals surface area contributed by atoms with Crippen LogP contribution in [0.1, 0.15) is 51.9 Å². The van der Waals surface area contributed by atoms with Crippen LogP contribution in [0.3, 0.4) is 0 Å². The van der Waals surface area contributed by atoms with Crippen molar-refractivity contribution in [2.75, 3.05) is 32.8 Å². The fourth-order valence-corrected chi connectivity index (χ4v) is 5.06. The first-order chi connectivity index (χ1) is 11.7. The van der Waals surface area contributed by atoms with Crippen molar-refractivity contribution in [3.63, 3.8) is 0 Å². The second kappa shape index (κ2) is 8.63. The van der Waals surface area contributed by atoms with Crippen LogP contribution in [-0.2, 0) is 9.53 Å². The molecule has 1 heterocycles. The molecular formula is C19H34N2O3. The van der Waals surface area contributed by atoms with Crippen LogP contribution in [0.15, 0.2) is 0 Å². The smallest absolute Gasteiger partial charge is 0.234 e. The van der Waals surface area contributed by atoms with E-state index in [2.05, 4.69) is 17.1 Å². The number of nitrogens with zero attached hydrogens (tertiary/aromatic N) is 1. The lowest BCUT2D eigenvalue weighted by molar-refractivity contribution is -0.124. The Labute approximate surface area is 146 Å². The molecule has 1 saturated heterocycles. The highest BCUT2D eigenvalue weighted by atomic mass is 16.5. The Kier molecular flexibility index (Phi) is 6.53. The number of hydrogen-bond donors (Lipinski definition) is 2. The third-order valence-corrected chi connectivity index (χ3v) is 6.38. The molecule has 0 spiro atoms. The predicted octanol–water partition coefficient (Wildman–Crippen LogP) is 1.79. The number of aliphatic hydroxyl groups excluding tert-OH is 1. The molecule has 5 heteroatoms. The fourth-order valence-electron chi connectivity index (χ4n) is 5.06. The van der Waals surface area contributed by atoms with E-state index in [9.17, 15) is 4.79 Å². The monoisotopic (exact) mass is 338 g/mol. The van der Waals surface area contributed by atoms with Crippen LogP contribution in [0, 0.1) is 17.8 Å². The average molecular weight is 338 g/mol. The van der Waals surface area contributed by atoms with Gasteiger partial charge in [-0.3, -0.25) is 9.69 Å². The Bertz CT molecular complexity index is 409. The summed E-state index contributed by atoms with van der Waals surface area (Å²) in [7, 11) is 0.